The largest absolute Gasteiger partial charge is 0.506 e. The molecule has 1 aromatic heterocycles. The van der Waals surface area contributed by atoms with Crippen LogP contribution in [0.4, 0.5) is 11.5 Å². The molecule has 0 fully saturated rings. The Kier molecular flexibility index (Phi) is 4.50. The highest BCUT2D eigenvalue weighted by atomic mass is 35.5. The van der Waals surface area contributed by atoms with E-state index in [1.54, 1.807) is 12.3 Å². The van der Waals surface area contributed by atoms with Crippen LogP contribution in [0, 0.1) is 0 Å². The molecule has 2 aromatic carbocycles. The number of halogens is 1. The summed E-state index contributed by atoms with van der Waals surface area (Å²) in [6, 6.07) is 18.9. The number of para-hydroxylation sites is 1. The molecule has 0 bridgehead atoms. The van der Waals surface area contributed by atoms with E-state index in [0.717, 1.165) is 22.6 Å². The van der Waals surface area contributed by atoms with Crippen molar-refractivity contribution in [2.24, 2.45) is 0 Å². The van der Waals surface area contributed by atoms with Crippen LogP contribution in [-0.2, 0) is 0 Å². The van der Waals surface area contributed by atoms with Gasteiger partial charge in [-0.05, 0) is 42.8 Å². The molecule has 1 aliphatic rings. The Morgan fingerprint density at radius 2 is 1.96 bits per heavy atom. The van der Waals surface area contributed by atoms with Crippen molar-refractivity contribution in [2.75, 3.05) is 10.6 Å². The van der Waals surface area contributed by atoms with Crippen LogP contribution >= 0.6 is 11.6 Å². The number of pyridine rings is 1. The lowest BCUT2D eigenvalue weighted by Gasteiger charge is -2.40. The van der Waals surface area contributed by atoms with Gasteiger partial charge in [-0.2, -0.15) is 0 Å². The number of hydrogen-bond acceptors (Lipinski definition) is 4. The Morgan fingerprint density at radius 1 is 1.11 bits per heavy atom. The van der Waals surface area contributed by atoms with Gasteiger partial charge in [0.2, 0.25) is 0 Å². The van der Waals surface area contributed by atoms with E-state index in [-0.39, 0.29) is 11.8 Å². The van der Waals surface area contributed by atoms with E-state index in [4.69, 9.17) is 11.6 Å². The first-order valence-electron chi connectivity index (χ1n) is 8.78. The van der Waals surface area contributed by atoms with Crippen LogP contribution in [-0.4, -0.2) is 15.6 Å². The number of aromatic hydroxyl groups is 1. The second-order valence-electron chi connectivity index (χ2n) is 6.83. The molecule has 27 heavy (non-hydrogen) atoms. The number of aromatic nitrogens is 1. The first kappa shape index (κ1) is 17.4. The Hall–Kier alpha value is -2.98. The SMILES string of the molecule is CC1(C(Nc2ccccn2)c2cccc(Cl)c2)C=Cc2cccc(O)c2N1. The lowest BCUT2D eigenvalue weighted by atomic mass is 9.83. The van der Waals surface area contributed by atoms with E-state index in [1.807, 2.05) is 60.7 Å². The van der Waals surface area contributed by atoms with Crippen molar-refractivity contribution in [3.63, 3.8) is 0 Å². The molecule has 136 valence electrons. The molecule has 2 atom stereocenters. The molecule has 0 amide bonds. The Balaban J connectivity index is 1.77. The van der Waals surface area contributed by atoms with Crippen molar-refractivity contribution in [1.82, 2.24) is 4.98 Å². The minimum Gasteiger partial charge on any atom is -0.506 e. The maximum atomic E-state index is 10.3. The Bertz CT molecular complexity index is 990. The molecule has 4 rings (SSSR count). The number of benzene rings is 2. The summed E-state index contributed by atoms with van der Waals surface area (Å²) in [5, 5.41) is 18.0. The molecule has 3 aromatic rings. The zero-order valence-corrected chi connectivity index (χ0v) is 15.6. The van der Waals surface area contributed by atoms with Crippen molar-refractivity contribution in [3.8, 4) is 5.75 Å². The fraction of sp³-hybridized carbons (Fsp3) is 0.136. The zero-order chi connectivity index (χ0) is 18.9. The highest BCUT2D eigenvalue weighted by molar-refractivity contribution is 6.30. The summed E-state index contributed by atoms with van der Waals surface area (Å²) in [5.74, 6) is 0.993. The van der Waals surface area contributed by atoms with Crippen LogP contribution in [0.15, 0.2) is 72.9 Å². The van der Waals surface area contributed by atoms with Gasteiger partial charge in [0.1, 0.15) is 11.6 Å². The minimum absolute atomic E-state index is 0.171. The van der Waals surface area contributed by atoms with Gasteiger partial charge in [-0.15, -0.1) is 0 Å². The van der Waals surface area contributed by atoms with Crippen molar-refractivity contribution in [1.29, 1.82) is 0 Å². The number of rotatable bonds is 4. The predicted octanol–water partition coefficient (Wildman–Crippen LogP) is 5.49. The Morgan fingerprint density at radius 3 is 2.74 bits per heavy atom. The van der Waals surface area contributed by atoms with Gasteiger partial charge in [0, 0.05) is 16.8 Å². The molecule has 0 saturated heterocycles. The molecule has 3 N–H and O–H groups in total. The smallest absolute Gasteiger partial charge is 0.139 e. The zero-order valence-electron chi connectivity index (χ0n) is 14.9. The third-order valence-electron chi connectivity index (χ3n) is 4.82. The lowest BCUT2D eigenvalue weighted by Crippen LogP contribution is -2.44. The second kappa shape index (κ2) is 6.97. The topological polar surface area (TPSA) is 57.2 Å². The van der Waals surface area contributed by atoms with Gasteiger partial charge in [-0.25, -0.2) is 4.98 Å². The first-order valence-corrected chi connectivity index (χ1v) is 9.15. The molecule has 0 aliphatic carbocycles. The van der Waals surface area contributed by atoms with Gasteiger partial charge in [-0.1, -0.05) is 54.1 Å². The highest BCUT2D eigenvalue weighted by Gasteiger charge is 2.36. The average Bonchev–Trinajstić information content (AvgIpc) is 2.68. The van der Waals surface area contributed by atoms with E-state index < -0.39 is 5.54 Å². The number of anilines is 2. The summed E-state index contributed by atoms with van der Waals surface area (Å²) in [7, 11) is 0. The third kappa shape index (κ3) is 3.49. The number of hydrogen-bond donors (Lipinski definition) is 3. The van der Waals surface area contributed by atoms with Crippen LogP contribution in [0.3, 0.4) is 0 Å². The lowest BCUT2D eigenvalue weighted by molar-refractivity contribution is 0.470. The molecule has 1 aliphatic heterocycles. The van der Waals surface area contributed by atoms with E-state index in [1.165, 1.54) is 0 Å². The molecular formula is C22H20ClN3O. The number of phenolic OH excluding ortho intramolecular Hbond substituents is 1. The predicted molar refractivity (Wildman–Crippen MR) is 111 cm³/mol. The minimum atomic E-state index is -0.520. The summed E-state index contributed by atoms with van der Waals surface area (Å²) in [6.45, 7) is 2.08. The molecule has 5 heteroatoms. The van der Waals surface area contributed by atoms with Crippen molar-refractivity contribution >= 4 is 29.2 Å². The first-order chi connectivity index (χ1) is 13.0. The van der Waals surface area contributed by atoms with Gasteiger partial charge in [-0.3, -0.25) is 0 Å². The summed E-state index contributed by atoms with van der Waals surface area (Å²) in [6.07, 6.45) is 5.89. The molecule has 2 unspecified atom stereocenters. The fourth-order valence-corrected chi connectivity index (χ4v) is 3.64. The summed E-state index contributed by atoms with van der Waals surface area (Å²) in [5.41, 5.74) is 2.17. The van der Waals surface area contributed by atoms with E-state index in [9.17, 15) is 5.11 Å². The Labute approximate surface area is 163 Å². The van der Waals surface area contributed by atoms with Gasteiger partial charge >= 0.3 is 0 Å². The fourth-order valence-electron chi connectivity index (χ4n) is 3.44. The molecule has 0 spiro atoms. The molecule has 2 heterocycles. The van der Waals surface area contributed by atoms with Crippen LogP contribution in [0.2, 0.25) is 5.02 Å². The molecule has 0 saturated carbocycles. The maximum Gasteiger partial charge on any atom is 0.139 e. The van der Waals surface area contributed by atoms with E-state index >= 15 is 0 Å². The van der Waals surface area contributed by atoms with Crippen LogP contribution < -0.4 is 10.6 Å². The number of nitrogens with one attached hydrogen (secondary N) is 2. The third-order valence-corrected chi connectivity index (χ3v) is 5.05. The van der Waals surface area contributed by atoms with E-state index in [2.05, 4.69) is 28.6 Å². The normalized spacial score (nSPS) is 19.0. The van der Waals surface area contributed by atoms with Gasteiger partial charge < -0.3 is 15.7 Å². The van der Waals surface area contributed by atoms with Crippen LogP contribution in [0.5, 0.6) is 5.75 Å². The monoisotopic (exact) mass is 377 g/mol. The maximum absolute atomic E-state index is 10.3. The van der Waals surface area contributed by atoms with E-state index in [0.29, 0.717) is 5.02 Å². The summed E-state index contributed by atoms with van der Waals surface area (Å²) in [4.78, 5) is 4.41. The summed E-state index contributed by atoms with van der Waals surface area (Å²) >= 11 is 6.26. The quantitative estimate of drug-likeness (QED) is 0.526. The van der Waals surface area contributed by atoms with Crippen LogP contribution in [0.25, 0.3) is 6.08 Å². The van der Waals surface area contributed by atoms with Crippen molar-refractivity contribution in [2.45, 2.75) is 18.5 Å². The standard InChI is InChI=1S/C22H20ClN3O/c1-22(12-11-15-6-5-9-18(27)20(15)26-22)21(16-7-4-8-17(23)14-16)25-19-10-2-3-13-24-19/h2-14,21,26-27H,1H3,(H,24,25). The number of fused-ring (bicyclic) bond motifs is 1. The van der Waals surface area contributed by atoms with Gasteiger partial charge in [0.15, 0.2) is 0 Å². The average molecular weight is 378 g/mol. The molecule has 4 nitrogen and oxygen atoms in total. The summed E-state index contributed by atoms with van der Waals surface area (Å²) < 4.78 is 0. The molecular weight excluding hydrogens is 358 g/mol. The molecule has 0 radical (unpaired) electrons. The van der Waals surface area contributed by atoms with Crippen LogP contribution in [0.1, 0.15) is 24.1 Å². The second-order valence-corrected chi connectivity index (χ2v) is 7.27. The number of phenols is 1. The van der Waals surface area contributed by atoms with Crippen molar-refractivity contribution < 1.29 is 5.11 Å². The van der Waals surface area contributed by atoms with Gasteiger partial charge in [0.25, 0.3) is 0 Å². The highest BCUT2D eigenvalue weighted by Crippen LogP contribution is 2.41. The van der Waals surface area contributed by atoms with Gasteiger partial charge in [0.05, 0.1) is 17.3 Å². The van der Waals surface area contributed by atoms with Crippen molar-refractivity contribution in [3.05, 3.63) is 89.1 Å². The number of nitrogens with zero attached hydrogens (tertiary/aromatic N) is 1.